The van der Waals surface area contributed by atoms with Crippen LogP contribution in [0, 0.1) is 28.6 Å². The zero-order valence-electron chi connectivity index (χ0n) is 14.6. The molecular weight excluding hydrogens is 288 g/mol. The topological polar surface area (TPSA) is 53.6 Å². The van der Waals surface area contributed by atoms with E-state index in [9.17, 15) is 10.2 Å². The second-order valence-electron chi connectivity index (χ2n) is 8.52. The second-order valence-corrected chi connectivity index (χ2v) is 8.52. The summed E-state index contributed by atoms with van der Waals surface area (Å²) in [5.74, 6) is 1.52. The number of aliphatic hydroxyl groups excluding tert-OH is 2. The van der Waals surface area contributed by atoms with Crippen LogP contribution in [0.1, 0.15) is 57.9 Å². The van der Waals surface area contributed by atoms with Gasteiger partial charge >= 0.3 is 0 Å². The Kier molecular flexibility index (Phi) is 4.89. The van der Waals surface area contributed by atoms with E-state index in [0.717, 1.165) is 32.1 Å². The molecule has 0 aliphatic heterocycles. The van der Waals surface area contributed by atoms with Crippen LogP contribution in [0.2, 0.25) is 0 Å². The molecule has 130 valence electrons. The maximum atomic E-state index is 10.0. The second kappa shape index (κ2) is 6.60. The Morgan fingerprint density at radius 3 is 2.70 bits per heavy atom. The van der Waals surface area contributed by atoms with E-state index in [2.05, 4.69) is 19.9 Å². The van der Waals surface area contributed by atoms with E-state index in [0.29, 0.717) is 31.0 Å². The van der Waals surface area contributed by atoms with Crippen molar-refractivity contribution in [2.24, 2.45) is 28.6 Å². The third-order valence-electron chi connectivity index (χ3n) is 7.26. The van der Waals surface area contributed by atoms with Crippen molar-refractivity contribution in [2.75, 3.05) is 13.2 Å². The van der Waals surface area contributed by atoms with Crippen molar-refractivity contribution in [1.82, 2.24) is 0 Å². The lowest BCUT2D eigenvalue weighted by Gasteiger charge is -2.60. The highest BCUT2D eigenvalue weighted by atomic mass is 16.3. The smallest absolute Gasteiger partial charge is 0.0934 e. The van der Waals surface area contributed by atoms with Crippen LogP contribution in [0.3, 0.4) is 0 Å². The molecule has 23 heavy (non-hydrogen) atoms. The fourth-order valence-corrected chi connectivity index (χ4v) is 5.99. The fraction of sp³-hybridized carbons (Fsp3) is 0.800. The molecule has 2 N–H and O–H groups in total. The molecular formula is C20H32O3. The minimum absolute atomic E-state index is 0.0569. The molecule has 2 saturated carbocycles. The van der Waals surface area contributed by atoms with Gasteiger partial charge in [-0.2, -0.15) is 0 Å². The van der Waals surface area contributed by atoms with Gasteiger partial charge in [0, 0.05) is 13.2 Å². The Labute approximate surface area is 140 Å². The van der Waals surface area contributed by atoms with Crippen molar-refractivity contribution < 1.29 is 14.6 Å². The first-order valence-electron chi connectivity index (χ1n) is 9.26. The van der Waals surface area contributed by atoms with Gasteiger partial charge in [-0.05, 0) is 78.7 Å². The molecule has 2 unspecified atom stereocenters. The van der Waals surface area contributed by atoms with Gasteiger partial charge in [-0.1, -0.05) is 20.3 Å². The van der Waals surface area contributed by atoms with E-state index >= 15 is 0 Å². The van der Waals surface area contributed by atoms with Crippen molar-refractivity contribution in [1.29, 1.82) is 0 Å². The van der Waals surface area contributed by atoms with Gasteiger partial charge in [0.05, 0.1) is 12.5 Å². The first kappa shape index (κ1) is 17.0. The van der Waals surface area contributed by atoms with Crippen molar-refractivity contribution in [3.63, 3.8) is 0 Å². The van der Waals surface area contributed by atoms with Crippen LogP contribution in [0.15, 0.2) is 23.0 Å². The normalized spacial score (nSPS) is 40.8. The fourth-order valence-electron chi connectivity index (χ4n) is 5.99. The van der Waals surface area contributed by atoms with Gasteiger partial charge in [0.25, 0.3) is 0 Å². The van der Waals surface area contributed by atoms with Gasteiger partial charge in [0.1, 0.15) is 0 Å². The van der Waals surface area contributed by atoms with Crippen LogP contribution in [-0.2, 0) is 6.42 Å². The molecule has 0 amide bonds. The maximum absolute atomic E-state index is 10.0. The molecule has 1 heterocycles. The summed E-state index contributed by atoms with van der Waals surface area (Å²) >= 11 is 0. The third kappa shape index (κ3) is 2.98. The van der Waals surface area contributed by atoms with Crippen LogP contribution in [-0.4, -0.2) is 23.4 Å². The monoisotopic (exact) mass is 320 g/mol. The number of aliphatic hydroxyl groups is 2. The minimum Gasteiger partial charge on any atom is -0.472 e. The Hall–Kier alpha value is -0.800. The first-order chi connectivity index (χ1) is 11.0. The van der Waals surface area contributed by atoms with E-state index < -0.39 is 0 Å². The van der Waals surface area contributed by atoms with Crippen LogP contribution in [0.5, 0.6) is 0 Å². The maximum Gasteiger partial charge on any atom is 0.0934 e. The van der Waals surface area contributed by atoms with E-state index in [1.807, 2.05) is 6.26 Å². The Bertz CT molecular complexity index is 497. The lowest BCUT2D eigenvalue weighted by Crippen LogP contribution is -2.54. The predicted octanol–water partition coefficient (Wildman–Crippen LogP) is 4.04. The number of aryl methyl sites for hydroxylation is 1. The van der Waals surface area contributed by atoms with Crippen molar-refractivity contribution in [3.8, 4) is 0 Å². The molecule has 0 spiro atoms. The number of rotatable bonds is 5. The number of hydrogen-bond donors (Lipinski definition) is 2. The summed E-state index contributed by atoms with van der Waals surface area (Å²) < 4.78 is 5.21. The Morgan fingerprint density at radius 1 is 1.22 bits per heavy atom. The lowest BCUT2D eigenvalue weighted by atomic mass is 9.45. The summed E-state index contributed by atoms with van der Waals surface area (Å²) in [6, 6.07) is 2.05. The number of furan rings is 1. The van der Waals surface area contributed by atoms with E-state index in [1.165, 1.54) is 18.4 Å². The molecule has 0 saturated heterocycles. The molecule has 3 rings (SSSR count). The van der Waals surface area contributed by atoms with E-state index in [-0.39, 0.29) is 10.8 Å². The van der Waals surface area contributed by atoms with Crippen LogP contribution >= 0.6 is 0 Å². The highest BCUT2D eigenvalue weighted by Crippen LogP contribution is 2.61. The first-order valence-corrected chi connectivity index (χ1v) is 9.26. The number of fused-ring (bicyclic) bond motifs is 1. The average molecular weight is 320 g/mol. The molecule has 1 aromatic rings. The largest absolute Gasteiger partial charge is 0.472 e. The summed E-state index contributed by atoms with van der Waals surface area (Å²) in [4.78, 5) is 0. The molecule has 1 aromatic heterocycles. The number of hydrogen-bond acceptors (Lipinski definition) is 3. The predicted molar refractivity (Wildman–Crippen MR) is 91.0 cm³/mol. The minimum atomic E-state index is 0.0569. The summed E-state index contributed by atoms with van der Waals surface area (Å²) in [5, 5.41) is 20.0. The standard InChI is InChI=1S/C20H32O3/c1-19(14-22)9-3-10-20(2)17(6-4-15-8-11-23-13-15)16(12-21)5-7-18(19)20/h8,11,13,16-18,21-22H,3-7,9-10,12,14H2,1-2H3/t16-,17-,18?,19?,20+/m0/s1. The van der Waals surface area contributed by atoms with Gasteiger partial charge in [-0.15, -0.1) is 0 Å². The SMILES string of the molecule is CC1(CO)CCC[C@@]2(C)C1CC[C@@H](CO)[C@@H]2CCc1ccoc1. The molecule has 2 aliphatic rings. The molecule has 2 fully saturated rings. The molecule has 0 radical (unpaired) electrons. The molecule has 2 aliphatic carbocycles. The molecule has 3 nitrogen and oxygen atoms in total. The third-order valence-corrected chi connectivity index (χ3v) is 7.26. The zero-order valence-corrected chi connectivity index (χ0v) is 14.6. The summed E-state index contributed by atoms with van der Waals surface area (Å²) in [6.07, 6.45) is 11.5. The van der Waals surface area contributed by atoms with Crippen molar-refractivity contribution in [3.05, 3.63) is 24.2 Å². The zero-order chi connectivity index (χ0) is 16.5. The highest BCUT2D eigenvalue weighted by molar-refractivity contribution is 5.08. The van der Waals surface area contributed by atoms with Gasteiger partial charge in [0.2, 0.25) is 0 Å². The van der Waals surface area contributed by atoms with Crippen molar-refractivity contribution in [2.45, 2.75) is 58.8 Å². The van der Waals surface area contributed by atoms with E-state index in [4.69, 9.17) is 4.42 Å². The van der Waals surface area contributed by atoms with Crippen molar-refractivity contribution >= 4 is 0 Å². The van der Waals surface area contributed by atoms with Crippen LogP contribution in [0.25, 0.3) is 0 Å². The highest BCUT2D eigenvalue weighted by Gasteiger charge is 2.55. The van der Waals surface area contributed by atoms with E-state index in [1.54, 1.807) is 6.26 Å². The van der Waals surface area contributed by atoms with Gasteiger partial charge in [-0.3, -0.25) is 0 Å². The lowest BCUT2D eigenvalue weighted by molar-refractivity contribution is -0.128. The summed E-state index contributed by atoms with van der Waals surface area (Å²) in [7, 11) is 0. The van der Waals surface area contributed by atoms with Gasteiger partial charge < -0.3 is 14.6 Å². The molecule has 5 atom stereocenters. The average Bonchev–Trinajstić information content (AvgIpc) is 3.06. The summed E-state index contributed by atoms with van der Waals surface area (Å²) in [5.41, 5.74) is 1.56. The van der Waals surface area contributed by atoms with Gasteiger partial charge in [-0.25, -0.2) is 0 Å². The summed E-state index contributed by atoms with van der Waals surface area (Å²) in [6.45, 7) is 5.31. The quantitative estimate of drug-likeness (QED) is 0.861. The molecule has 0 aromatic carbocycles. The van der Waals surface area contributed by atoms with Crippen LogP contribution in [0.4, 0.5) is 0 Å². The van der Waals surface area contributed by atoms with Crippen LogP contribution < -0.4 is 0 Å². The Morgan fingerprint density at radius 2 is 2.04 bits per heavy atom. The molecule has 3 heteroatoms. The molecule has 0 bridgehead atoms. The van der Waals surface area contributed by atoms with Gasteiger partial charge in [0.15, 0.2) is 0 Å². The Balaban J connectivity index is 1.83.